The molecule has 1 aromatic carbocycles. The summed E-state index contributed by atoms with van der Waals surface area (Å²) in [5.74, 6) is -0.740. The summed E-state index contributed by atoms with van der Waals surface area (Å²) >= 11 is 1.08. The fourth-order valence-electron chi connectivity index (χ4n) is 2.83. The molecular weight excluding hydrogens is 386 g/mol. The molecule has 1 N–H and O–H groups in total. The Labute approximate surface area is 174 Å². The highest BCUT2D eigenvalue weighted by molar-refractivity contribution is 7.03. The first kappa shape index (κ1) is 20.6. The van der Waals surface area contributed by atoms with Crippen LogP contribution in [0.2, 0.25) is 0 Å². The molecule has 0 bridgehead atoms. The monoisotopic (exact) mass is 409 g/mol. The number of hydrogen-bond acceptors (Lipinski definition) is 6. The van der Waals surface area contributed by atoms with Gasteiger partial charge in [0.05, 0.1) is 5.69 Å². The highest BCUT2D eigenvalue weighted by Gasteiger charge is 2.36. The first-order chi connectivity index (χ1) is 13.8. The molecule has 0 saturated carbocycles. The molecule has 0 radical (unpaired) electrons. The van der Waals surface area contributed by atoms with Crippen molar-refractivity contribution in [3.05, 3.63) is 71.0 Å². The van der Waals surface area contributed by atoms with Crippen molar-refractivity contribution in [2.24, 2.45) is 0 Å². The summed E-state index contributed by atoms with van der Waals surface area (Å²) in [6, 6.07) is 11.7. The van der Waals surface area contributed by atoms with Crippen LogP contribution in [0.3, 0.4) is 0 Å². The largest absolute Gasteiger partial charge is 0.349 e. The highest BCUT2D eigenvalue weighted by atomic mass is 32.1. The second-order valence-corrected chi connectivity index (χ2v) is 8.31. The van der Waals surface area contributed by atoms with Crippen LogP contribution in [0.4, 0.5) is 5.69 Å². The van der Waals surface area contributed by atoms with Crippen LogP contribution in [-0.4, -0.2) is 31.9 Å². The number of pyridine rings is 1. The maximum Gasteiger partial charge on any atom is 0.280 e. The number of benzene rings is 1. The van der Waals surface area contributed by atoms with Gasteiger partial charge in [-0.3, -0.25) is 19.5 Å². The van der Waals surface area contributed by atoms with E-state index in [2.05, 4.69) is 19.9 Å². The summed E-state index contributed by atoms with van der Waals surface area (Å²) < 4.78 is 3.80. The zero-order valence-electron chi connectivity index (χ0n) is 16.8. The number of hydrogen-bond donors (Lipinski definition) is 1. The zero-order chi connectivity index (χ0) is 21.0. The maximum absolute atomic E-state index is 13.4. The maximum atomic E-state index is 13.4. The van der Waals surface area contributed by atoms with Gasteiger partial charge in [0.25, 0.3) is 5.91 Å². The van der Waals surface area contributed by atoms with Crippen LogP contribution >= 0.6 is 11.5 Å². The lowest BCUT2D eigenvalue weighted by Gasteiger charge is -2.32. The fraction of sp³-hybridized carbons (Fsp3) is 0.286. The molecule has 7 nitrogen and oxygen atoms in total. The van der Waals surface area contributed by atoms with Crippen molar-refractivity contribution in [3.8, 4) is 0 Å². The zero-order valence-corrected chi connectivity index (χ0v) is 17.6. The molecule has 0 fully saturated rings. The summed E-state index contributed by atoms with van der Waals surface area (Å²) in [6.07, 6.45) is 1.61. The quantitative estimate of drug-likeness (QED) is 0.696. The standard InChI is InChI=1S/C21H23N5O2S/c1-14-8-10-15(11-9-14)26(20(28)17-13-29-25-24-17)18(16-7-5-6-12-22-16)19(27)23-21(2,3)4/h5-13,18H,1-4H3,(H,23,27)/t18-/m0/s1. The lowest BCUT2D eigenvalue weighted by atomic mass is 10.0. The van der Waals surface area contributed by atoms with Crippen LogP contribution < -0.4 is 10.2 Å². The Morgan fingerprint density at radius 1 is 1.10 bits per heavy atom. The summed E-state index contributed by atoms with van der Waals surface area (Å²) in [5.41, 5.74) is 1.79. The molecule has 2 amide bonds. The topological polar surface area (TPSA) is 88.1 Å². The number of aryl methyl sites for hydroxylation is 1. The van der Waals surface area contributed by atoms with E-state index in [9.17, 15) is 9.59 Å². The predicted molar refractivity (Wildman–Crippen MR) is 113 cm³/mol. The third kappa shape index (κ3) is 5.03. The minimum atomic E-state index is -0.965. The van der Waals surface area contributed by atoms with Crippen molar-refractivity contribution in [1.82, 2.24) is 19.9 Å². The van der Waals surface area contributed by atoms with E-state index in [4.69, 9.17) is 0 Å². The minimum absolute atomic E-state index is 0.181. The van der Waals surface area contributed by atoms with E-state index in [0.29, 0.717) is 11.4 Å². The molecule has 150 valence electrons. The van der Waals surface area contributed by atoms with E-state index in [1.165, 1.54) is 4.90 Å². The summed E-state index contributed by atoms with van der Waals surface area (Å²) in [6.45, 7) is 7.64. The second-order valence-electron chi connectivity index (χ2n) is 7.70. The SMILES string of the molecule is Cc1ccc(N(C(=O)c2csnn2)[C@H](C(=O)NC(C)(C)C)c2ccccn2)cc1. The van der Waals surface area contributed by atoms with Gasteiger partial charge < -0.3 is 5.32 Å². The first-order valence-corrected chi connectivity index (χ1v) is 10.00. The molecule has 0 saturated heterocycles. The summed E-state index contributed by atoms with van der Waals surface area (Å²) in [4.78, 5) is 32.5. The van der Waals surface area contributed by atoms with E-state index >= 15 is 0 Å². The van der Waals surface area contributed by atoms with Gasteiger partial charge in [-0.2, -0.15) is 0 Å². The number of anilines is 1. The fourth-order valence-corrected chi connectivity index (χ4v) is 3.26. The van der Waals surface area contributed by atoms with Gasteiger partial charge in [0.2, 0.25) is 5.91 Å². The van der Waals surface area contributed by atoms with Crippen molar-refractivity contribution in [3.63, 3.8) is 0 Å². The van der Waals surface area contributed by atoms with Crippen LogP contribution in [0.1, 0.15) is 48.6 Å². The van der Waals surface area contributed by atoms with Gasteiger partial charge in [-0.1, -0.05) is 28.3 Å². The summed E-state index contributed by atoms with van der Waals surface area (Å²) in [7, 11) is 0. The van der Waals surface area contributed by atoms with E-state index < -0.39 is 17.5 Å². The number of rotatable bonds is 5. The Balaban J connectivity index is 2.15. The molecule has 0 aliphatic heterocycles. The number of nitrogens with zero attached hydrogens (tertiary/aromatic N) is 4. The highest BCUT2D eigenvalue weighted by Crippen LogP contribution is 2.29. The molecule has 3 aromatic rings. The van der Waals surface area contributed by atoms with Gasteiger partial charge in [0.1, 0.15) is 0 Å². The summed E-state index contributed by atoms with van der Waals surface area (Å²) in [5, 5.41) is 8.46. The third-order valence-corrected chi connectivity index (χ3v) is 4.59. The van der Waals surface area contributed by atoms with Gasteiger partial charge in [-0.25, -0.2) is 0 Å². The second kappa shape index (κ2) is 8.48. The molecule has 0 aliphatic carbocycles. The minimum Gasteiger partial charge on any atom is -0.349 e. The van der Waals surface area contributed by atoms with Crippen LogP contribution in [0.25, 0.3) is 0 Å². The Morgan fingerprint density at radius 2 is 1.83 bits per heavy atom. The molecule has 0 aliphatic rings. The van der Waals surface area contributed by atoms with Crippen molar-refractivity contribution in [2.75, 3.05) is 4.90 Å². The van der Waals surface area contributed by atoms with E-state index in [1.54, 1.807) is 29.8 Å². The van der Waals surface area contributed by atoms with E-state index in [0.717, 1.165) is 17.1 Å². The Bertz CT molecular complexity index is 967. The molecule has 0 spiro atoms. The molecule has 29 heavy (non-hydrogen) atoms. The Morgan fingerprint density at radius 3 is 2.38 bits per heavy atom. The van der Waals surface area contributed by atoms with Crippen LogP contribution in [0.5, 0.6) is 0 Å². The number of amides is 2. The molecule has 0 unspecified atom stereocenters. The van der Waals surface area contributed by atoms with Gasteiger partial charge in [0, 0.05) is 22.8 Å². The van der Waals surface area contributed by atoms with Gasteiger partial charge in [-0.05, 0) is 63.5 Å². The van der Waals surface area contributed by atoms with Gasteiger partial charge >= 0.3 is 0 Å². The number of carbonyl (C=O) groups is 2. The first-order valence-electron chi connectivity index (χ1n) is 9.16. The number of aromatic nitrogens is 3. The van der Waals surface area contributed by atoms with E-state index in [1.807, 2.05) is 52.0 Å². The van der Waals surface area contributed by atoms with Crippen molar-refractivity contribution in [2.45, 2.75) is 39.3 Å². The van der Waals surface area contributed by atoms with E-state index in [-0.39, 0.29) is 11.6 Å². The average molecular weight is 410 g/mol. The normalized spacial score (nSPS) is 12.3. The van der Waals surface area contributed by atoms with Crippen LogP contribution in [-0.2, 0) is 4.79 Å². The predicted octanol–water partition coefficient (Wildman–Crippen LogP) is 3.54. The van der Waals surface area contributed by atoms with Crippen LogP contribution in [0.15, 0.2) is 54.0 Å². The molecule has 2 aromatic heterocycles. The molecule has 1 atom stereocenters. The average Bonchev–Trinajstić information content (AvgIpc) is 3.20. The number of carbonyl (C=O) groups excluding carboxylic acids is 2. The number of nitrogens with one attached hydrogen (secondary N) is 1. The van der Waals surface area contributed by atoms with Crippen molar-refractivity contribution < 1.29 is 9.59 Å². The van der Waals surface area contributed by atoms with Crippen molar-refractivity contribution in [1.29, 1.82) is 0 Å². The lowest BCUT2D eigenvalue weighted by molar-refractivity contribution is -0.124. The lowest BCUT2D eigenvalue weighted by Crippen LogP contribution is -2.49. The molecular formula is C21H23N5O2S. The van der Waals surface area contributed by atoms with Gasteiger partial charge in [0.15, 0.2) is 11.7 Å². The van der Waals surface area contributed by atoms with Gasteiger partial charge in [-0.15, -0.1) is 5.10 Å². The third-order valence-electron chi connectivity index (χ3n) is 4.08. The van der Waals surface area contributed by atoms with Crippen molar-refractivity contribution >= 4 is 29.0 Å². The Kier molecular flexibility index (Phi) is 6.03. The van der Waals surface area contributed by atoms with Crippen LogP contribution in [0, 0.1) is 6.92 Å². The smallest absolute Gasteiger partial charge is 0.280 e. The molecule has 3 rings (SSSR count). The molecule has 8 heteroatoms. The Hall–Kier alpha value is -3.13. The molecule has 2 heterocycles.